The zero-order chi connectivity index (χ0) is 15.4. The van der Waals surface area contributed by atoms with E-state index in [1.165, 1.54) is 12.7 Å². The van der Waals surface area contributed by atoms with E-state index in [2.05, 4.69) is 24.4 Å². The van der Waals surface area contributed by atoms with Gasteiger partial charge in [0.2, 0.25) is 0 Å². The van der Waals surface area contributed by atoms with Gasteiger partial charge in [0.25, 0.3) is 0 Å². The Morgan fingerprint density at radius 1 is 1.05 bits per heavy atom. The largest absolute Gasteiger partial charge is 0.467 e. The molecule has 0 fully saturated rings. The first kappa shape index (κ1) is 15.1. The molecule has 0 heterocycles. The lowest BCUT2D eigenvalue weighted by molar-refractivity contribution is -0.141. The van der Waals surface area contributed by atoms with Crippen LogP contribution in [0.5, 0.6) is 0 Å². The lowest BCUT2D eigenvalue weighted by atomic mass is 9.94. The van der Waals surface area contributed by atoms with Gasteiger partial charge in [-0.15, -0.1) is 0 Å². The van der Waals surface area contributed by atoms with E-state index < -0.39 is 6.04 Å². The predicted octanol–water partition coefficient (Wildman–Crippen LogP) is 3.94. The molecule has 110 valence electrons. The summed E-state index contributed by atoms with van der Waals surface area (Å²) in [6, 6.07) is 13.4. The third-order valence-electron chi connectivity index (χ3n) is 3.55. The third-order valence-corrected chi connectivity index (χ3v) is 3.55. The van der Waals surface area contributed by atoms with E-state index in [1.807, 2.05) is 44.2 Å². The van der Waals surface area contributed by atoms with Gasteiger partial charge >= 0.3 is 5.97 Å². The van der Waals surface area contributed by atoms with E-state index in [4.69, 9.17) is 4.74 Å². The summed E-state index contributed by atoms with van der Waals surface area (Å²) in [7, 11) is 1.42. The van der Waals surface area contributed by atoms with Gasteiger partial charge < -0.3 is 10.1 Å². The van der Waals surface area contributed by atoms with Crippen molar-refractivity contribution < 1.29 is 9.53 Å². The molecule has 0 aromatic heterocycles. The normalized spacial score (nSPS) is 11.8. The highest BCUT2D eigenvalue weighted by Gasteiger charge is 2.24. The summed E-state index contributed by atoms with van der Waals surface area (Å²) in [5.41, 5.74) is 5.25. The van der Waals surface area contributed by atoms with Gasteiger partial charge in [0.1, 0.15) is 0 Å². The van der Waals surface area contributed by atoms with Gasteiger partial charge in [0.15, 0.2) is 6.04 Å². The van der Waals surface area contributed by atoms with E-state index in [1.54, 1.807) is 0 Å². The third kappa shape index (κ3) is 3.43. The number of esters is 1. The van der Waals surface area contributed by atoms with Crippen LogP contribution in [0, 0.1) is 20.8 Å². The second-order valence-corrected chi connectivity index (χ2v) is 5.28. The molecule has 0 radical (unpaired) electrons. The molecular weight excluding hydrogens is 262 g/mol. The molecule has 2 aromatic carbocycles. The van der Waals surface area contributed by atoms with Crippen molar-refractivity contribution >= 4 is 11.7 Å². The van der Waals surface area contributed by atoms with Crippen LogP contribution in [0.4, 0.5) is 5.69 Å². The van der Waals surface area contributed by atoms with Crippen molar-refractivity contribution in [3.05, 3.63) is 64.7 Å². The quantitative estimate of drug-likeness (QED) is 0.864. The predicted molar refractivity (Wildman–Crippen MR) is 85.5 cm³/mol. The molecule has 2 rings (SSSR count). The van der Waals surface area contributed by atoms with Crippen LogP contribution in [-0.2, 0) is 9.53 Å². The SMILES string of the molecule is COC(=O)C(Nc1ccccc1)c1c(C)cc(C)cc1C. The number of carbonyl (C=O) groups excluding carboxylic acids is 1. The number of anilines is 1. The number of aryl methyl sites for hydroxylation is 3. The first-order chi connectivity index (χ1) is 10.0. The number of ether oxygens (including phenoxy) is 1. The van der Waals surface area contributed by atoms with Crippen LogP contribution < -0.4 is 5.32 Å². The van der Waals surface area contributed by atoms with E-state index >= 15 is 0 Å². The smallest absolute Gasteiger partial charge is 0.333 e. The number of benzene rings is 2. The minimum atomic E-state index is -0.502. The summed E-state index contributed by atoms with van der Waals surface area (Å²) >= 11 is 0. The number of hydrogen-bond donors (Lipinski definition) is 1. The minimum absolute atomic E-state index is 0.283. The highest BCUT2D eigenvalue weighted by Crippen LogP contribution is 2.27. The van der Waals surface area contributed by atoms with Crippen molar-refractivity contribution in [2.75, 3.05) is 12.4 Å². The zero-order valence-electron chi connectivity index (χ0n) is 12.9. The number of hydrogen-bond acceptors (Lipinski definition) is 3. The molecule has 0 amide bonds. The molecular formula is C18H21NO2. The molecule has 0 aliphatic rings. The molecule has 3 heteroatoms. The topological polar surface area (TPSA) is 38.3 Å². The van der Waals surface area contributed by atoms with Crippen molar-refractivity contribution in [3.8, 4) is 0 Å². The van der Waals surface area contributed by atoms with Crippen molar-refractivity contribution in [2.24, 2.45) is 0 Å². The summed E-state index contributed by atoms with van der Waals surface area (Å²) in [6.07, 6.45) is 0. The molecule has 2 aromatic rings. The molecule has 3 nitrogen and oxygen atoms in total. The summed E-state index contributed by atoms with van der Waals surface area (Å²) in [4.78, 5) is 12.2. The van der Waals surface area contributed by atoms with Crippen LogP contribution in [0.15, 0.2) is 42.5 Å². The Bertz CT molecular complexity index is 612. The minimum Gasteiger partial charge on any atom is -0.467 e. The van der Waals surface area contributed by atoms with Crippen LogP contribution in [-0.4, -0.2) is 13.1 Å². The molecule has 0 spiro atoms. The molecule has 0 aliphatic heterocycles. The number of methoxy groups -OCH3 is 1. The summed E-state index contributed by atoms with van der Waals surface area (Å²) in [5.74, 6) is -0.283. The zero-order valence-corrected chi connectivity index (χ0v) is 12.9. The van der Waals surface area contributed by atoms with Crippen LogP contribution in [0.25, 0.3) is 0 Å². The Kier molecular flexibility index (Phi) is 4.63. The van der Waals surface area contributed by atoms with E-state index in [-0.39, 0.29) is 5.97 Å². The maximum Gasteiger partial charge on any atom is 0.333 e. The molecule has 1 N–H and O–H groups in total. The summed E-state index contributed by atoms with van der Waals surface area (Å²) in [5, 5.41) is 3.27. The standard InChI is InChI=1S/C18H21NO2/c1-12-10-13(2)16(14(3)11-12)17(18(20)21-4)19-15-8-6-5-7-9-15/h5-11,17,19H,1-4H3. The van der Waals surface area contributed by atoms with Gasteiger partial charge in [-0.3, -0.25) is 0 Å². The van der Waals surface area contributed by atoms with Crippen molar-refractivity contribution in [2.45, 2.75) is 26.8 Å². The highest BCUT2D eigenvalue weighted by atomic mass is 16.5. The first-order valence-corrected chi connectivity index (χ1v) is 7.00. The van der Waals surface area contributed by atoms with E-state index in [0.29, 0.717) is 0 Å². The van der Waals surface area contributed by atoms with E-state index in [0.717, 1.165) is 22.4 Å². The van der Waals surface area contributed by atoms with Crippen LogP contribution in [0.1, 0.15) is 28.3 Å². The van der Waals surface area contributed by atoms with Crippen LogP contribution in [0.3, 0.4) is 0 Å². The maximum absolute atomic E-state index is 12.2. The Morgan fingerprint density at radius 2 is 1.62 bits per heavy atom. The Morgan fingerprint density at radius 3 is 2.14 bits per heavy atom. The molecule has 21 heavy (non-hydrogen) atoms. The number of rotatable bonds is 4. The Labute approximate surface area is 126 Å². The molecule has 0 saturated carbocycles. The van der Waals surface area contributed by atoms with Gasteiger partial charge in [-0.25, -0.2) is 4.79 Å². The Hall–Kier alpha value is -2.29. The average molecular weight is 283 g/mol. The number of nitrogens with one attached hydrogen (secondary N) is 1. The van der Waals surface area contributed by atoms with Gasteiger partial charge in [0.05, 0.1) is 7.11 Å². The fraction of sp³-hybridized carbons (Fsp3) is 0.278. The molecule has 0 aliphatic carbocycles. The lowest BCUT2D eigenvalue weighted by Crippen LogP contribution is -2.24. The summed E-state index contributed by atoms with van der Waals surface area (Å²) in [6.45, 7) is 6.11. The van der Waals surface area contributed by atoms with Gasteiger partial charge in [-0.2, -0.15) is 0 Å². The average Bonchev–Trinajstić information content (AvgIpc) is 2.45. The van der Waals surface area contributed by atoms with E-state index in [9.17, 15) is 4.79 Å². The van der Waals surface area contributed by atoms with Gasteiger partial charge in [-0.05, 0) is 49.6 Å². The molecule has 0 saturated heterocycles. The van der Waals surface area contributed by atoms with Gasteiger partial charge in [-0.1, -0.05) is 35.9 Å². The second kappa shape index (κ2) is 6.44. The molecule has 1 unspecified atom stereocenters. The Balaban J connectivity index is 2.44. The first-order valence-electron chi connectivity index (χ1n) is 7.00. The second-order valence-electron chi connectivity index (χ2n) is 5.28. The van der Waals surface area contributed by atoms with Crippen LogP contribution in [0.2, 0.25) is 0 Å². The van der Waals surface area contributed by atoms with Crippen molar-refractivity contribution in [3.63, 3.8) is 0 Å². The summed E-state index contributed by atoms with van der Waals surface area (Å²) < 4.78 is 4.98. The monoisotopic (exact) mass is 283 g/mol. The van der Waals surface area contributed by atoms with Crippen molar-refractivity contribution in [1.82, 2.24) is 0 Å². The lowest BCUT2D eigenvalue weighted by Gasteiger charge is -2.22. The number of para-hydroxylation sites is 1. The van der Waals surface area contributed by atoms with Crippen molar-refractivity contribution in [1.29, 1.82) is 0 Å². The maximum atomic E-state index is 12.2. The fourth-order valence-electron chi connectivity index (χ4n) is 2.71. The highest BCUT2D eigenvalue weighted by molar-refractivity contribution is 5.82. The molecule has 1 atom stereocenters. The van der Waals surface area contributed by atoms with Crippen LogP contribution >= 0.6 is 0 Å². The number of carbonyl (C=O) groups is 1. The molecule has 0 bridgehead atoms. The van der Waals surface area contributed by atoms with Gasteiger partial charge in [0, 0.05) is 5.69 Å². The fourth-order valence-corrected chi connectivity index (χ4v) is 2.71.